The molecule has 0 amide bonds. The quantitative estimate of drug-likeness (QED) is 0.406. The van der Waals surface area contributed by atoms with Crippen LogP contribution >= 0.6 is 0 Å². The number of aromatic nitrogens is 1. The van der Waals surface area contributed by atoms with Crippen LogP contribution in [0.3, 0.4) is 0 Å². The molecule has 6 rings (SSSR count). The van der Waals surface area contributed by atoms with Crippen molar-refractivity contribution in [1.29, 1.82) is 0 Å². The molecular weight excluding hydrogens is 382 g/mol. The molecule has 3 aromatic carbocycles. The smallest absolute Gasteiger partial charge is 0.199 e. The molecule has 1 unspecified atom stereocenters. The van der Waals surface area contributed by atoms with Crippen molar-refractivity contribution < 1.29 is 9.59 Å². The predicted octanol–water partition coefficient (Wildman–Crippen LogP) is 5.79. The van der Waals surface area contributed by atoms with Crippen molar-refractivity contribution in [3.8, 4) is 0 Å². The first-order chi connectivity index (χ1) is 15.2. The molecule has 0 saturated heterocycles. The number of benzene rings is 3. The van der Waals surface area contributed by atoms with Crippen LogP contribution in [0, 0.1) is 0 Å². The van der Waals surface area contributed by atoms with Crippen molar-refractivity contribution in [3.63, 3.8) is 0 Å². The van der Waals surface area contributed by atoms with Gasteiger partial charge in [-0.25, -0.2) is 0 Å². The summed E-state index contributed by atoms with van der Waals surface area (Å²) >= 11 is 0. The van der Waals surface area contributed by atoms with E-state index in [4.69, 9.17) is 0 Å². The molecule has 1 heterocycles. The Labute approximate surface area is 180 Å². The van der Waals surface area contributed by atoms with E-state index in [9.17, 15) is 9.59 Å². The Kier molecular flexibility index (Phi) is 4.03. The second-order valence-corrected chi connectivity index (χ2v) is 8.43. The normalized spacial score (nSPS) is 17.9. The standard InChI is InChI=1S/C28H21NO2/c30-24-16-20(19-11-5-2-6-12-19)15-22-25(24)28(31)26-21-13-7-8-14-23(21)29(27(22)26)17-18-9-3-1-4-10-18/h1-14,20H,15-17H2. The van der Waals surface area contributed by atoms with Gasteiger partial charge in [-0.15, -0.1) is 0 Å². The third kappa shape index (κ3) is 2.73. The average molecular weight is 403 g/mol. The molecule has 2 aliphatic carbocycles. The molecule has 1 aromatic heterocycles. The Morgan fingerprint density at radius 3 is 2.23 bits per heavy atom. The molecule has 2 aliphatic rings. The van der Waals surface area contributed by atoms with Crippen LogP contribution < -0.4 is 0 Å². The molecule has 0 aliphatic heterocycles. The van der Waals surface area contributed by atoms with Gasteiger partial charge in [-0.1, -0.05) is 78.9 Å². The number of hydrogen-bond donors (Lipinski definition) is 0. The van der Waals surface area contributed by atoms with Crippen LogP contribution in [0.4, 0.5) is 0 Å². The summed E-state index contributed by atoms with van der Waals surface area (Å²) in [6.07, 6.45) is 1.12. The number of nitrogens with zero attached hydrogens (tertiary/aromatic N) is 1. The first-order valence-electron chi connectivity index (χ1n) is 10.7. The lowest BCUT2D eigenvalue weighted by atomic mass is 9.80. The minimum Gasteiger partial charge on any atom is -0.336 e. The number of fused-ring (bicyclic) bond motifs is 4. The fourth-order valence-corrected chi connectivity index (χ4v) is 5.26. The first-order valence-corrected chi connectivity index (χ1v) is 10.7. The molecule has 1 atom stereocenters. The summed E-state index contributed by atoms with van der Waals surface area (Å²) in [6.45, 7) is 0.672. The Hall–Kier alpha value is -3.72. The summed E-state index contributed by atoms with van der Waals surface area (Å²) in [6, 6.07) is 28.5. The molecule has 0 N–H and O–H groups in total. The van der Waals surface area contributed by atoms with Crippen molar-refractivity contribution in [3.05, 3.63) is 113 Å². The van der Waals surface area contributed by atoms with Gasteiger partial charge < -0.3 is 4.57 Å². The van der Waals surface area contributed by atoms with E-state index in [2.05, 4.69) is 34.9 Å². The van der Waals surface area contributed by atoms with Gasteiger partial charge in [0.1, 0.15) is 0 Å². The van der Waals surface area contributed by atoms with Gasteiger partial charge in [0.2, 0.25) is 0 Å². The zero-order chi connectivity index (χ0) is 20.9. The lowest BCUT2D eigenvalue weighted by Gasteiger charge is -2.24. The van der Waals surface area contributed by atoms with Gasteiger partial charge in [-0.3, -0.25) is 9.59 Å². The highest BCUT2D eigenvalue weighted by Crippen LogP contribution is 2.48. The molecule has 0 spiro atoms. The second kappa shape index (κ2) is 6.92. The number of allylic oxidation sites excluding steroid dienone is 2. The van der Waals surface area contributed by atoms with Crippen LogP contribution in [-0.4, -0.2) is 16.1 Å². The van der Waals surface area contributed by atoms with Crippen molar-refractivity contribution >= 4 is 28.0 Å². The van der Waals surface area contributed by atoms with Crippen molar-refractivity contribution in [2.75, 3.05) is 0 Å². The van der Waals surface area contributed by atoms with Crippen molar-refractivity contribution in [2.45, 2.75) is 25.3 Å². The largest absolute Gasteiger partial charge is 0.336 e. The minimum absolute atomic E-state index is 0.0216. The summed E-state index contributed by atoms with van der Waals surface area (Å²) in [5, 5.41) is 0.942. The van der Waals surface area contributed by atoms with Crippen LogP contribution in [0.1, 0.15) is 45.9 Å². The van der Waals surface area contributed by atoms with Crippen molar-refractivity contribution in [2.24, 2.45) is 0 Å². The molecular formula is C28H21NO2. The summed E-state index contributed by atoms with van der Waals surface area (Å²) in [5.41, 5.74) is 6.38. The number of para-hydroxylation sites is 1. The minimum atomic E-state index is -0.0930. The van der Waals surface area contributed by atoms with Gasteiger partial charge in [0.05, 0.1) is 16.8 Å². The summed E-state index contributed by atoms with van der Waals surface area (Å²) in [7, 11) is 0. The average Bonchev–Trinajstić information content (AvgIpc) is 3.29. The highest BCUT2D eigenvalue weighted by molar-refractivity contribution is 6.38. The number of carbonyl (C=O) groups is 2. The third-order valence-corrected chi connectivity index (χ3v) is 6.63. The lowest BCUT2D eigenvalue weighted by molar-refractivity contribution is -0.115. The number of hydrogen-bond acceptors (Lipinski definition) is 2. The van der Waals surface area contributed by atoms with E-state index in [1.165, 1.54) is 5.56 Å². The van der Waals surface area contributed by atoms with E-state index in [-0.39, 0.29) is 17.5 Å². The lowest BCUT2D eigenvalue weighted by Crippen LogP contribution is -2.19. The Morgan fingerprint density at radius 1 is 0.774 bits per heavy atom. The maximum atomic E-state index is 13.5. The zero-order valence-electron chi connectivity index (χ0n) is 17.0. The number of ketones is 2. The SMILES string of the molecule is O=C1CC(c2ccccc2)CC2=C1C(=O)c1c2n(Cc2ccccc2)c2ccccc12. The van der Waals surface area contributed by atoms with Crippen molar-refractivity contribution in [1.82, 2.24) is 4.57 Å². The van der Waals surface area contributed by atoms with E-state index < -0.39 is 0 Å². The molecule has 0 saturated carbocycles. The first kappa shape index (κ1) is 18.1. The second-order valence-electron chi connectivity index (χ2n) is 8.43. The molecule has 150 valence electrons. The fraction of sp³-hybridized carbons (Fsp3) is 0.143. The van der Waals surface area contributed by atoms with E-state index in [1.807, 2.05) is 54.6 Å². The third-order valence-electron chi connectivity index (χ3n) is 6.63. The van der Waals surface area contributed by atoms with Crippen LogP contribution in [0.15, 0.2) is 90.5 Å². The number of Topliss-reactive ketones (excluding diaryl/α,β-unsaturated/α-hetero) is 2. The monoisotopic (exact) mass is 403 g/mol. The Morgan fingerprint density at radius 2 is 1.45 bits per heavy atom. The molecule has 0 fully saturated rings. The zero-order valence-corrected chi connectivity index (χ0v) is 17.0. The van der Waals surface area contributed by atoms with E-state index in [1.54, 1.807) is 0 Å². The summed E-state index contributed by atoms with van der Waals surface area (Å²) in [4.78, 5) is 26.6. The van der Waals surface area contributed by atoms with Gasteiger partial charge in [0.25, 0.3) is 0 Å². The predicted molar refractivity (Wildman–Crippen MR) is 122 cm³/mol. The molecule has 0 radical (unpaired) electrons. The molecule has 3 heteroatoms. The summed E-state index contributed by atoms with van der Waals surface area (Å²) in [5.74, 6) is -0.00874. The number of carbonyl (C=O) groups excluding carboxylic acids is 2. The molecule has 31 heavy (non-hydrogen) atoms. The van der Waals surface area contributed by atoms with Crippen LogP contribution in [0.5, 0.6) is 0 Å². The molecule has 0 bridgehead atoms. The maximum absolute atomic E-state index is 13.5. The maximum Gasteiger partial charge on any atom is 0.199 e. The number of rotatable bonds is 3. The van der Waals surface area contributed by atoms with E-state index in [0.29, 0.717) is 24.1 Å². The molecule has 3 nitrogen and oxygen atoms in total. The van der Waals surface area contributed by atoms with Crippen LogP contribution in [-0.2, 0) is 11.3 Å². The fourth-order valence-electron chi connectivity index (χ4n) is 5.26. The Bertz CT molecular complexity index is 1380. The summed E-state index contributed by atoms with van der Waals surface area (Å²) < 4.78 is 2.24. The van der Waals surface area contributed by atoms with E-state index in [0.717, 1.165) is 34.2 Å². The van der Waals surface area contributed by atoms with Crippen LogP contribution in [0.2, 0.25) is 0 Å². The van der Waals surface area contributed by atoms with Gasteiger partial charge >= 0.3 is 0 Å². The van der Waals surface area contributed by atoms with E-state index >= 15 is 0 Å². The Balaban J connectivity index is 1.55. The highest BCUT2D eigenvalue weighted by Gasteiger charge is 2.42. The molecule has 4 aromatic rings. The van der Waals surface area contributed by atoms with Gasteiger partial charge in [-0.2, -0.15) is 0 Å². The highest BCUT2D eigenvalue weighted by atomic mass is 16.1. The van der Waals surface area contributed by atoms with Gasteiger partial charge in [-0.05, 0) is 35.1 Å². The van der Waals surface area contributed by atoms with Gasteiger partial charge in [0, 0.05) is 23.9 Å². The van der Waals surface area contributed by atoms with Crippen LogP contribution in [0.25, 0.3) is 16.5 Å². The topological polar surface area (TPSA) is 39.1 Å². The van der Waals surface area contributed by atoms with Gasteiger partial charge in [0.15, 0.2) is 11.6 Å².